The Balaban J connectivity index is 1.96. The van der Waals surface area contributed by atoms with Gasteiger partial charge < -0.3 is 0 Å². The van der Waals surface area contributed by atoms with Gasteiger partial charge in [-0.05, 0) is 17.5 Å². The van der Waals surface area contributed by atoms with E-state index in [1.54, 1.807) is 18.3 Å². The quantitative estimate of drug-likeness (QED) is 0.401. The molecule has 0 aliphatic carbocycles. The smallest absolute Gasteiger partial charge is 0.289 e. The van der Waals surface area contributed by atoms with E-state index in [1.165, 1.54) is 12.1 Å². The topological polar surface area (TPSA) is 30.0 Å². The summed E-state index contributed by atoms with van der Waals surface area (Å²) in [5.74, 6) is -0.491. The number of hydrogen-bond donors (Lipinski definition) is 0. The Labute approximate surface area is 159 Å². The first-order valence-corrected chi connectivity index (χ1v) is 8.60. The van der Waals surface area contributed by atoms with Gasteiger partial charge in [-0.1, -0.05) is 66.7 Å². The molecule has 0 N–H and O–H groups in total. The van der Waals surface area contributed by atoms with Crippen molar-refractivity contribution in [1.29, 1.82) is 0 Å². The Morgan fingerprint density at radius 3 is 2.29 bits per heavy atom. The van der Waals surface area contributed by atoms with Gasteiger partial charge in [-0.25, -0.2) is 0 Å². The van der Waals surface area contributed by atoms with Crippen molar-refractivity contribution in [3.05, 3.63) is 102 Å². The minimum absolute atomic E-state index is 0.0230. The largest absolute Gasteiger partial charge is 0.416 e. The fourth-order valence-corrected chi connectivity index (χ4v) is 3.19. The highest BCUT2D eigenvalue weighted by molar-refractivity contribution is 6.19. The normalized spacial score (nSPS) is 11.5. The molecule has 0 aliphatic heterocycles. The molecular formula is C23H14F3NO. The van der Waals surface area contributed by atoms with E-state index in [2.05, 4.69) is 4.98 Å². The maximum absolute atomic E-state index is 13.3. The molecular weight excluding hydrogens is 363 g/mol. The summed E-state index contributed by atoms with van der Waals surface area (Å²) in [6, 6.07) is 20.8. The molecule has 138 valence electrons. The highest BCUT2D eigenvalue weighted by Gasteiger charge is 2.31. The number of carbonyl (C=O) groups excluding carboxylic acids is 1. The summed E-state index contributed by atoms with van der Waals surface area (Å²) < 4.78 is 39.3. The van der Waals surface area contributed by atoms with Crippen molar-refractivity contribution in [2.24, 2.45) is 0 Å². The number of carbonyl (C=O) groups is 1. The summed E-state index contributed by atoms with van der Waals surface area (Å²) in [6.45, 7) is 0. The van der Waals surface area contributed by atoms with Crippen molar-refractivity contribution < 1.29 is 18.0 Å². The van der Waals surface area contributed by atoms with Crippen molar-refractivity contribution in [2.75, 3.05) is 0 Å². The van der Waals surface area contributed by atoms with Crippen molar-refractivity contribution >= 4 is 16.6 Å². The van der Waals surface area contributed by atoms with Crippen molar-refractivity contribution in [3.63, 3.8) is 0 Å². The van der Waals surface area contributed by atoms with Gasteiger partial charge in [0, 0.05) is 22.7 Å². The van der Waals surface area contributed by atoms with Crippen LogP contribution in [0, 0.1) is 0 Å². The first kappa shape index (κ1) is 17.9. The molecule has 4 rings (SSSR count). The van der Waals surface area contributed by atoms with Gasteiger partial charge in [-0.15, -0.1) is 0 Å². The van der Waals surface area contributed by atoms with E-state index >= 15 is 0 Å². The van der Waals surface area contributed by atoms with Crippen LogP contribution in [0.4, 0.5) is 13.2 Å². The molecule has 0 spiro atoms. The average Bonchev–Trinajstić information content (AvgIpc) is 2.72. The van der Waals surface area contributed by atoms with E-state index in [1.807, 2.05) is 42.5 Å². The molecule has 5 heteroatoms. The van der Waals surface area contributed by atoms with Crippen molar-refractivity contribution in [1.82, 2.24) is 4.98 Å². The third kappa shape index (κ3) is 3.27. The lowest BCUT2D eigenvalue weighted by Crippen LogP contribution is -2.10. The monoisotopic (exact) mass is 377 g/mol. The van der Waals surface area contributed by atoms with E-state index in [-0.39, 0.29) is 5.56 Å². The molecule has 2 nitrogen and oxygen atoms in total. The van der Waals surface area contributed by atoms with E-state index < -0.39 is 17.5 Å². The highest BCUT2D eigenvalue weighted by atomic mass is 19.4. The predicted molar refractivity (Wildman–Crippen MR) is 102 cm³/mol. The fourth-order valence-electron chi connectivity index (χ4n) is 3.19. The van der Waals surface area contributed by atoms with Gasteiger partial charge in [-0.2, -0.15) is 13.2 Å². The zero-order valence-electron chi connectivity index (χ0n) is 14.6. The standard InChI is InChI=1S/C23H14F3NO/c24-23(25,26)18-11-6-10-16(13-18)22(28)20-19-12-5-4-9-17(19)14-27-21(20)15-7-2-1-3-8-15/h1-14H. The number of halogens is 3. The summed E-state index contributed by atoms with van der Waals surface area (Å²) in [7, 11) is 0. The Kier molecular flexibility index (Phi) is 4.43. The van der Waals surface area contributed by atoms with Gasteiger partial charge >= 0.3 is 6.18 Å². The molecule has 28 heavy (non-hydrogen) atoms. The van der Waals surface area contributed by atoms with Crippen LogP contribution >= 0.6 is 0 Å². The zero-order chi connectivity index (χ0) is 19.7. The lowest BCUT2D eigenvalue weighted by Gasteiger charge is -2.13. The number of rotatable bonds is 3. The van der Waals surface area contributed by atoms with Gasteiger partial charge in [0.2, 0.25) is 0 Å². The second-order valence-corrected chi connectivity index (χ2v) is 6.34. The summed E-state index contributed by atoms with van der Waals surface area (Å²) >= 11 is 0. The van der Waals surface area contributed by atoms with Crippen LogP contribution in [0.2, 0.25) is 0 Å². The maximum Gasteiger partial charge on any atom is 0.416 e. The van der Waals surface area contributed by atoms with Crippen LogP contribution in [-0.4, -0.2) is 10.8 Å². The number of alkyl halides is 3. The molecule has 4 aromatic rings. The number of pyridine rings is 1. The van der Waals surface area contributed by atoms with Crippen LogP contribution in [0.1, 0.15) is 21.5 Å². The van der Waals surface area contributed by atoms with Gasteiger partial charge in [0.25, 0.3) is 0 Å². The minimum atomic E-state index is -4.52. The molecule has 0 bridgehead atoms. The number of aromatic nitrogens is 1. The Morgan fingerprint density at radius 2 is 1.54 bits per heavy atom. The second-order valence-electron chi connectivity index (χ2n) is 6.34. The SMILES string of the molecule is O=C(c1cccc(C(F)(F)F)c1)c1c(-c2ccccc2)ncc2ccccc12. The first-order valence-electron chi connectivity index (χ1n) is 8.60. The summed E-state index contributed by atoms with van der Waals surface area (Å²) in [5, 5.41) is 1.40. The van der Waals surface area contributed by atoms with Crippen LogP contribution in [0.5, 0.6) is 0 Å². The lowest BCUT2D eigenvalue weighted by atomic mass is 9.93. The Hall–Kier alpha value is -3.47. The summed E-state index contributed by atoms with van der Waals surface area (Å²) in [4.78, 5) is 17.8. The number of nitrogens with zero attached hydrogens (tertiary/aromatic N) is 1. The predicted octanol–water partition coefficient (Wildman–Crippen LogP) is 6.15. The molecule has 3 aromatic carbocycles. The molecule has 0 aliphatic rings. The summed E-state index contributed by atoms with van der Waals surface area (Å²) in [6.07, 6.45) is -2.85. The highest BCUT2D eigenvalue weighted by Crippen LogP contribution is 2.33. The van der Waals surface area contributed by atoms with Crippen molar-refractivity contribution in [2.45, 2.75) is 6.18 Å². The minimum Gasteiger partial charge on any atom is -0.289 e. The Morgan fingerprint density at radius 1 is 0.821 bits per heavy atom. The molecule has 0 radical (unpaired) electrons. The Bertz CT molecular complexity index is 1170. The third-order valence-corrected chi connectivity index (χ3v) is 4.53. The molecule has 0 unspecified atom stereocenters. The van der Waals surface area contributed by atoms with Gasteiger partial charge in [0.15, 0.2) is 5.78 Å². The third-order valence-electron chi connectivity index (χ3n) is 4.53. The van der Waals surface area contributed by atoms with Gasteiger partial charge in [-0.3, -0.25) is 9.78 Å². The summed E-state index contributed by atoms with van der Waals surface area (Å²) in [5.41, 5.74) is 0.590. The van der Waals surface area contributed by atoms with E-state index in [4.69, 9.17) is 0 Å². The first-order chi connectivity index (χ1) is 13.4. The molecule has 0 saturated carbocycles. The molecule has 1 aromatic heterocycles. The number of benzene rings is 3. The fraction of sp³-hybridized carbons (Fsp3) is 0.0435. The molecule has 0 atom stereocenters. The number of ketones is 1. The second kappa shape index (κ2) is 6.93. The lowest BCUT2D eigenvalue weighted by molar-refractivity contribution is -0.137. The van der Waals surface area contributed by atoms with Gasteiger partial charge in [0.1, 0.15) is 0 Å². The van der Waals surface area contributed by atoms with Crippen LogP contribution in [0.3, 0.4) is 0 Å². The van der Waals surface area contributed by atoms with Crippen LogP contribution in [0.15, 0.2) is 85.1 Å². The number of hydrogen-bond acceptors (Lipinski definition) is 2. The van der Waals surface area contributed by atoms with Crippen LogP contribution < -0.4 is 0 Å². The van der Waals surface area contributed by atoms with E-state index in [9.17, 15) is 18.0 Å². The average molecular weight is 377 g/mol. The molecule has 1 heterocycles. The molecule has 0 fully saturated rings. The van der Waals surface area contributed by atoms with E-state index in [0.29, 0.717) is 16.6 Å². The van der Waals surface area contributed by atoms with Crippen LogP contribution in [0.25, 0.3) is 22.0 Å². The van der Waals surface area contributed by atoms with Gasteiger partial charge in [0.05, 0.1) is 16.8 Å². The van der Waals surface area contributed by atoms with Crippen LogP contribution in [-0.2, 0) is 6.18 Å². The number of fused-ring (bicyclic) bond motifs is 1. The molecule has 0 saturated heterocycles. The zero-order valence-corrected chi connectivity index (χ0v) is 14.6. The maximum atomic E-state index is 13.3. The molecule has 0 amide bonds. The van der Waals surface area contributed by atoms with Crippen molar-refractivity contribution in [3.8, 4) is 11.3 Å². The van der Waals surface area contributed by atoms with E-state index in [0.717, 1.165) is 23.1 Å².